The second-order valence-corrected chi connectivity index (χ2v) is 8.45. The molecule has 0 aromatic rings. The minimum atomic E-state index is -1.63. The van der Waals surface area contributed by atoms with E-state index in [-0.39, 0.29) is 66.3 Å². The van der Waals surface area contributed by atoms with Gasteiger partial charge < -0.3 is 61.7 Å². The maximum absolute atomic E-state index is 10.5. The summed E-state index contributed by atoms with van der Waals surface area (Å²) in [6.07, 6.45) is 7.45. The van der Waals surface area contributed by atoms with Crippen molar-refractivity contribution >= 4 is 23.9 Å². The van der Waals surface area contributed by atoms with Gasteiger partial charge in [0.05, 0.1) is 11.9 Å². The number of nitrogens with one attached hydrogen (secondary N) is 2. The summed E-state index contributed by atoms with van der Waals surface area (Å²) in [6, 6.07) is -0.738. The van der Waals surface area contributed by atoms with E-state index < -0.39 is 42.4 Å². The number of carboxylic acids is 4. The molecule has 2 unspecified atom stereocenters. The second kappa shape index (κ2) is 21.2. The molecule has 0 heterocycles. The summed E-state index contributed by atoms with van der Waals surface area (Å²) in [4.78, 5) is 39.5. The summed E-state index contributed by atoms with van der Waals surface area (Å²) < 4.78 is 0. The van der Waals surface area contributed by atoms with Gasteiger partial charge in [-0.2, -0.15) is 0 Å². The molecule has 2 aliphatic carbocycles. The third-order valence-corrected chi connectivity index (χ3v) is 5.56. The molecule has 0 spiro atoms. The largest absolute Gasteiger partial charge is 2.00 e. The van der Waals surface area contributed by atoms with Gasteiger partial charge in [-0.05, 0) is 39.5 Å². The zero-order chi connectivity index (χ0) is 25.6. The fraction of sp³-hybridized carbons (Fsp3) is 0.810. The first-order valence-electron chi connectivity index (χ1n) is 11.2. The fourth-order valence-corrected chi connectivity index (χ4v) is 3.63. The molecule has 2 fully saturated rings. The van der Waals surface area contributed by atoms with Gasteiger partial charge >= 0.3 is 42.1 Å². The average Bonchev–Trinajstić information content (AvgIpc) is 2.71. The molecule has 0 saturated heterocycles. The number of aliphatic carboxylic acids is 4. The van der Waals surface area contributed by atoms with E-state index in [0.29, 0.717) is 0 Å². The SMILES string of the molecule is CC(N[C@@H]1CCCC[C@H]1N)C(=O)[O-].CC(N[C@@H]1CCCC[C@H]1N)C(=O)[O-].O=C([O-])CC(=O)[O-].[Pt+2].[Pt+2]. The van der Waals surface area contributed by atoms with Crippen LogP contribution in [0.4, 0.5) is 0 Å². The first-order valence-corrected chi connectivity index (χ1v) is 11.2. The van der Waals surface area contributed by atoms with Gasteiger partial charge in [0.1, 0.15) is 0 Å². The smallest absolute Gasteiger partial charge is 0.550 e. The topological polar surface area (TPSA) is 237 Å². The predicted octanol–water partition coefficient (Wildman–Crippen LogP) is -5.16. The molecule has 2 saturated carbocycles. The van der Waals surface area contributed by atoms with Gasteiger partial charge in [0.25, 0.3) is 0 Å². The van der Waals surface area contributed by atoms with Gasteiger partial charge in [-0.3, -0.25) is 0 Å². The van der Waals surface area contributed by atoms with Crippen LogP contribution in [-0.2, 0) is 61.3 Å². The minimum Gasteiger partial charge on any atom is -0.550 e. The Balaban J connectivity index is -0.000000447. The predicted molar refractivity (Wildman–Crippen MR) is 110 cm³/mol. The van der Waals surface area contributed by atoms with E-state index >= 15 is 0 Å². The van der Waals surface area contributed by atoms with Crippen LogP contribution in [0.15, 0.2) is 0 Å². The molecule has 12 nitrogen and oxygen atoms in total. The van der Waals surface area contributed by atoms with Crippen molar-refractivity contribution in [1.82, 2.24) is 10.6 Å². The Morgan fingerprint density at radius 2 is 0.971 bits per heavy atom. The standard InChI is InChI=1S/2C9H18N2O2.C3H4O4.2Pt/c2*1-6(9(12)13)11-8-5-3-2-4-7(8)10;4-2(5)1-3(6)7;;/h2*6-8,11H,2-5,10H2,1H3,(H,12,13);1H2,(H,4,5)(H,6,7);;/q;;;2*+2/p-4/t2*6?,7-,8-;;;/m11.../s1. The molecular weight excluding hydrogens is 826 g/mol. The van der Waals surface area contributed by atoms with E-state index in [2.05, 4.69) is 10.6 Å². The molecule has 0 aromatic heterocycles. The molecule has 6 atom stereocenters. The Bertz CT molecular complexity index is 592. The van der Waals surface area contributed by atoms with Crippen LogP contribution in [0.2, 0.25) is 0 Å². The van der Waals surface area contributed by atoms with Gasteiger partial charge in [-0.15, -0.1) is 0 Å². The van der Waals surface area contributed by atoms with Crippen molar-refractivity contribution in [3.63, 3.8) is 0 Å². The third kappa shape index (κ3) is 18.9. The second-order valence-electron chi connectivity index (χ2n) is 8.45. The van der Waals surface area contributed by atoms with E-state index in [1.54, 1.807) is 13.8 Å². The fourth-order valence-electron chi connectivity index (χ4n) is 3.63. The van der Waals surface area contributed by atoms with Crippen LogP contribution in [0.1, 0.15) is 71.6 Å². The Labute approximate surface area is 234 Å². The van der Waals surface area contributed by atoms with E-state index in [0.717, 1.165) is 51.4 Å². The average molecular weight is 863 g/mol. The molecule has 0 amide bonds. The van der Waals surface area contributed by atoms with Crippen molar-refractivity contribution in [2.75, 3.05) is 0 Å². The van der Waals surface area contributed by atoms with Crippen LogP contribution in [0, 0.1) is 0 Å². The minimum absolute atomic E-state index is 0. The van der Waals surface area contributed by atoms with Gasteiger partial charge in [0, 0.05) is 54.6 Å². The Hall–Kier alpha value is -0.903. The maximum Gasteiger partial charge on any atom is 2.00 e. The van der Waals surface area contributed by atoms with Crippen molar-refractivity contribution in [3.05, 3.63) is 0 Å². The number of carbonyl (C=O) groups excluding carboxylic acids is 4. The van der Waals surface area contributed by atoms with E-state index in [9.17, 15) is 39.6 Å². The molecule has 0 bridgehead atoms. The van der Waals surface area contributed by atoms with Crippen molar-refractivity contribution in [1.29, 1.82) is 0 Å². The van der Waals surface area contributed by atoms with Gasteiger partial charge in [-0.1, -0.05) is 25.7 Å². The first kappa shape index (κ1) is 38.6. The molecular formula is C21H36N4O8Pt2. The summed E-state index contributed by atoms with van der Waals surface area (Å²) in [5, 5.41) is 45.4. The number of hydrogen-bond donors (Lipinski definition) is 4. The number of hydrogen-bond acceptors (Lipinski definition) is 12. The molecule has 2 aliphatic rings. The zero-order valence-corrected chi connectivity index (χ0v) is 24.4. The van der Waals surface area contributed by atoms with Gasteiger partial charge in [-0.25, -0.2) is 0 Å². The van der Waals surface area contributed by atoms with Crippen LogP contribution in [-0.4, -0.2) is 60.1 Å². The number of nitrogens with two attached hydrogens (primary N) is 2. The van der Waals surface area contributed by atoms with Gasteiger partial charge in [0.15, 0.2) is 0 Å². The molecule has 14 heteroatoms. The van der Waals surface area contributed by atoms with Crippen molar-refractivity contribution in [2.45, 2.75) is 108 Å². The van der Waals surface area contributed by atoms with Crippen LogP contribution >= 0.6 is 0 Å². The van der Waals surface area contributed by atoms with Crippen LogP contribution < -0.4 is 42.5 Å². The quantitative estimate of drug-likeness (QED) is 0.168. The third-order valence-electron chi connectivity index (χ3n) is 5.56. The van der Waals surface area contributed by atoms with Crippen molar-refractivity contribution < 1.29 is 81.7 Å². The van der Waals surface area contributed by atoms with Gasteiger partial charge in [0.2, 0.25) is 0 Å². The summed E-state index contributed by atoms with van der Waals surface area (Å²) in [6.45, 7) is 3.19. The van der Waals surface area contributed by atoms with E-state index in [1.807, 2.05) is 0 Å². The number of rotatable bonds is 8. The molecule has 6 N–H and O–H groups in total. The zero-order valence-electron chi connectivity index (χ0n) is 19.9. The molecule has 35 heavy (non-hydrogen) atoms. The van der Waals surface area contributed by atoms with E-state index in [1.165, 1.54) is 0 Å². The normalized spacial score (nSPS) is 24.8. The summed E-state index contributed by atoms with van der Waals surface area (Å²) in [5.41, 5.74) is 11.7. The van der Waals surface area contributed by atoms with Crippen molar-refractivity contribution in [3.8, 4) is 0 Å². The molecule has 0 aromatic carbocycles. The Morgan fingerprint density at radius 3 is 1.17 bits per heavy atom. The Morgan fingerprint density at radius 1 is 0.686 bits per heavy atom. The molecule has 0 aliphatic heterocycles. The molecule has 208 valence electrons. The van der Waals surface area contributed by atoms with Crippen LogP contribution in [0.25, 0.3) is 0 Å². The van der Waals surface area contributed by atoms with Crippen molar-refractivity contribution in [2.24, 2.45) is 11.5 Å². The molecule has 2 rings (SSSR count). The Kier molecular flexibility index (Phi) is 23.4. The summed E-state index contributed by atoms with van der Waals surface area (Å²) >= 11 is 0. The molecule has 0 radical (unpaired) electrons. The maximum atomic E-state index is 10.5. The van der Waals surface area contributed by atoms with Crippen LogP contribution in [0.3, 0.4) is 0 Å². The monoisotopic (exact) mass is 862 g/mol. The first-order chi connectivity index (χ1) is 15.3. The van der Waals surface area contributed by atoms with Crippen LogP contribution in [0.5, 0.6) is 0 Å². The number of carboxylic acid groups (broad SMARTS) is 4. The number of carbonyl (C=O) groups is 4. The summed E-state index contributed by atoms with van der Waals surface area (Å²) in [5.74, 6) is -5.37. The summed E-state index contributed by atoms with van der Waals surface area (Å²) in [7, 11) is 0. The van der Waals surface area contributed by atoms with E-state index in [4.69, 9.17) is 11.5 Å².